The van der Waals surface area contributed by atoms with Crippen LogP contribution >= 0.6 is 11.8 Å². The minimum atomic E-state index is 0.868. The molecule has 0 saturated carbocycles. The molecular weight excluding hydrogens is 268 g/mol. The SMILES string of the molecule is CCNc1nccc(Sc2nc3ccccc3[nH]2)c1C. The highest BCUT2D eigenvalue weighted by atomic mass is 32.2. The molecule has 0 radical (unpaired) electrons. The summed E-state index contributed by atoms with van der Waals surface area (Å²) in [6.07, 6.45) is 1.83. The molecule has 2 aromatic heterocycles. The van der Waals surface area contributed by atoms with Gasteiger partial charge in [0.1, 0.15) is 5.82 Å². The summed E-state index contributed by atoms with van der Waals surface area (Å²) >= 11 is 1.63. The van der Waals surface area contributed by atoms with E-state index in [-0.39, 0.29) is 0 Å². The molecule has 102 valence electrons. The van der Waals surface area contributed by atoms with E-state index in [1.807, 2.05) is 36.5 Å². The maximum atomic E-state index is 4.59. The summed E-state index contributed by atoms with van der Waals surface area (Å²) in [5.74, 6) is 0.939. The molecule has 0 aliphatic carbocycles. The van der Waals surface area contributed by atoms with Crippen molar-refractivity contribution in [2.24, 2.45) is 0 Å². The maximum Gasteiger partial charge on any atom is 0.171 e. The van der Waals surface area contributed by atoms with Crippen molar-refractivity contribution in [2.75, 3.05) is 11.9 Å². The first-order chi connectivity index (χ1) is 9.78. The monoisotopic (exact) mass is 284 g/mol. The number of nitrogens with zero attached hydrogens (tertiary/aromatic N) is 2. The van der Waals surface area contributed by atoms with Crippen LogP contribution in [-0.2, 0) is 0 Å². The van der Waals surface area contributed by atoms with Crippen LogP contribution in [0.15, 0.2) is 46.6 Å². The fourth-order valence-corrected chi connectivity index (χ4v) is 2.95. The van der Waals surface area contributed by atoms with Crippen molar-refractivity contribution in [1.29, 1.82) is 0 Å². The third-order valence-electron chi connectivity index (χ3n) is 3.07. The molecule has 0 aliphatic heterocycles. The molecule has 0 aliphatic rings. The molecule has 3 rings (SSSR count). The van der Waals surface area contributed by atoms with E-state index in [9.17, 15) is 0 Å². The lowest BCUT2D eigenvalue weighted by Gasteiger charge is -2.09. The van der Waals surface area contributed by atoms with Crippen LogP contribution in [0.4, 0.5) is 5.82 Å². The van der Waals surface area contributed by atoms with Gasteiger partial charge in [-0.3, -0.25) is 0 Å². The average Bonchev–Trinajstić information content (AvgIpc) is 2.86. The lowest BCUT2D eigenvalue weighted by molar-refractivity contribution is 1.07. The number of para-hydroxylation sites is 2. The Morgan fingerprint density at radius 2 is 2.10 bits per heavy atom. The molecule has 0 spiro atoms. The van der Waals surface area contributed by atoms with Crippen LogP contribution in [0.2, 0.25) is 0 Å². The number of aromatic amines is 1. The summed E-state index contributed by atoms with van der Waals surface area (Å²) in [7, 11) is 0. The Bertz CT molecular complexity index is 703. The van der Waals surface area contributed by atoms with Crippen molar-refractivity contribution in [3.8, 4) is 0 Å². The molecule has 5 heteroatoms. The molecule has 0 saturated heterocycles. The number of imidazole rings is 1. The standard InChI is InChI=1S/C15H16N4S/c1-3-16-14-10(2)13(8-9-17-14)20-15-18-11-6-4-5-7-12(11)19-15/h4-9H,3H2,1-2H3,(H,16,17)(H,18,19). The van der Waals surface area contributed by atoms with Gasteiger partial charge in [0, 0.05) is 23.2 Å². The van der Waals surface area contributed by atoms with Gasteiger partial charge >= 0.3 is 0 Å². The molecule has 3 aromatic rings. The van der Waals surface area contributed by atoms with Crippen molar-refractivity contribution in [3.63, 3.8) is 0 Å². The summed E-state index contributed by atoms with van der Waals surface area (Å²) in [5, 5.41) is 4.18. The number of anilines is 1. The Kier molecular flexibility index (Phi) is 3.60. The molecule has 0 bridgehead atoms. The molecule has 4 nitrogen and oxygen atoms in total. The lowest BCUT2D eigenvalue weighted by Crippen LogP contribution is -2.01. The predicted molar refractivity (Wildman–Crippen MR) is 83.4 cm³/mol. The topological polar surface area (TPSA) is 53.6 Å². The number of nitrogens with one attached hydrogen (secondary N) is 2. The minimum absolute atomic E-state index is 0.868. The van der Waals surface area contributed by atoms with Gasteiger partial charge in [0.15, 0.2) is 5.16 Å². The molecular formula is C15H16N4S. The summed E-state index contributed by atoms with van der Waals surface area (Å²) in [6, 6.07) is 10.1. The van der Waals surface area contributed by atoms with Gasteiger partial charge in [-0.2, -0.15) is 0 Å². The zero-order valence-corrected chi connectivity index (χ0v) is 12.3. The summed E-state index contributed by atoms with van der Waals surface area (Å²) in [5.41, 5.74) is 3.21. The predicted octanol–water partition coefficient (Wildman–Crippen LogP) is 3.85. The van der Waals surface area contributed by atoms with E-state index in [4.69, 9.17) is 0 Å². The zero-order valence-electron chi connectivity index (χ0n) is 11.5. The van der Waals surface area contributed by atoms with Crippen LogP contribution in [0.5, 0.6) is 0 Å². The fraction of sp³-hybridized carbons (Fsp3) is 0.200. The molecule has 0 amide bonds. The van der Waals surface area contributed by atoms with Crippen LogP contribution in [-0.4, -0.2) is 21.5 Å². The first-order valence-corrected chi connectivity index (χ1v) is 7.41. The first-order valence-electron chi connectivity index (χ1n) is 6.60. The quantitative estimate of drug-likeness (QED) is 0.764. The lowest BCUT2D eigenvalue weighted by atomic mass is 10.3. The summed E-state index contributed by atoms with van der Waals surface area (Å²) in [4.78, 5) is 13.4. The third kappa shape index (κ3) is 2.49. The fourth-order valence-electron chi connectivity index (χ4n) is 2.06. The molecule has 1 aromatic carbocycles. The smallest absolute Gasteiger partial charge is 0.171 e. The Morgan fingerprint density at radius 1 is 1.25 bits per heavy atom. The van der Waals surface area contributed by atoms with E-state index in [0.29, 0.717) is 0 Å². The summed E-state index contributed by atoms with van der Waals surface area (Å²) in [6.45, 7) is 5.02. The van der Waals surface area contributed by atoms with E-state index in [0.717, 1.165) is 39.0 Å². The van der Waals surface area contributed by atoms with Gasteiger partial charge in [-0.1, -0.05) is 23.9 Å². The van der Waals surface area contributed by atoms with Crippen LogP contribution in [0.3, 0.4) is 0 Å². The van der Waals surface area contributed by atoms with Gasteiger partial charge < -0.3 is 10.3 Å². The molecule has 2 heterocycles. The Labute approximate surface area is 122 Å². The molecule has 0 atom stereocenters. The number of H-pyrrole nitrogens is 1. The molecule has 0 fully saturated rings. The maximum absolute atomic E-state index is 4.59. The van der Waals surface area contributed by atoms with Crippen LogP contribution in [0.25, 0.3) is 11.0 Å². The molecule has 20 heavy (non-hydrogen) atoms. The minimum Gasteiger partial charge on any atom is -0.370 e. The highest BCUT2D eigenvalue weighted by molar-refractivity contribution is 7.99. The van der Waals surface area contributed by atoms with Gasteiger partial charge in [-0.15, -0.1) is 0 Å². The average molecular weight is 284 g/mol. The van der Waals surface area contributed by atoms with Gasteiger partial charge in [0.2, 0.25) is 0 Å². The number of aromatic nitrogens is 3. The summed E-state index contributed by atoms with van der Waals surface area (Å²) < 4.78 is 0. The van der Waals surface area contributed by atoms with Gasteiger partial charge in [-0.25, -0.2) is 9.97 Å². The van der Waals surface area contributed by atoms with Gasteiger partial charge in [-0.05, 0) is 32.0 Å². The highest BCUT2D eigenvalue weighted by Gasteiger charge is 2.09. The number of hydrogen-bond acceptors (Lipinski definition) is 4. The van der Waals surface area contributed by atoms with Crippen molar-refractivity contribution in [1.82, 2.24) is 15.0 Å². The van der Waals surface area contributed by atoms with Crippen LogP contribution in [0, 0.1) is 6.92 Å². The number of benzene rings is 1. The van der Waals surface area contributed by atoms with Crippen molar-refractivity contribution < 1.29 is 0 Å². The van der Waals surface area contributed by atoms with E-state index in [2.05, 4.69) is 34.1 Å². The van der Waals surface area contributed by atoms with Crippen molar-refractivity contribution in [3.05, 3.63) is 42.1 Å². The zero-order chi connectivity index (χ0) is 13.9. The number of rotatable bonds is 4. The van der Waals surface area contributed by atoms with Crippen LogP contribution in [0.1, 0.15) is 12.5 Å². The Morgan fingerprint density at radius 3 is 2.90 bits per heavy atom. The first kappa shape index (κ1) is 13.0. The van der Waals surface area contributed by atoms with Gasteiger partial charge in [0.05, 0.1) is 11.0 Å². The molecule has 2 N–H and O–H groups in total. The number of fused-ring (bicyclic) bond motifs is 1. The number of hydrogen-bond donors (Lipinski definition) is 2. The van der Waals surface area contributed by atoms with Crippen molar-refractivity contribution in [2.45, 2.75) is 23.9 Å². The molecule has 0 unspecified atom stereocenters. The van der Waals surface area contributed by atoms with Gasteiger partial charge in [0.25, 0.3) is 0 Å². The van der Waals surface area contributed by atoms with E-state index >= 15 is 0 Å². The number of pyridine rings is 1. The third-order valence-corrected chi connectivity index (χ3v) is 4.12. The largest absolute Gasteiger partial charge is 0.370 e. The Hall–Kier alpha value is -2.01. The normalized spacial score (nSPS) is 10.9. The second-order valence-corrected chi connectivity index (χ2v) is 5.50. The van der Waals surface area contributed by atoms with Crippen molar-refractivity contribution >= 4 is 28.6 Å². The Balaban J connectivity index is 1.92. The second-order valence-electron chi connectivity index (χ2n) is 4.47. The van der Waals surface area contributed by atoms with Crippen LogP contribution < -0.4 is 5.32 Å². The van der Waals surface area contributed by atoms with E-state index in [1.54, 1.807) is 11.8 Å². The highest BCUT2D eigenvalue weighted by Crippen LogP contribution is 2.31. The van der Waals surface area contributed by atoms with E-state index in [1.165, 1.54) is 0 Å². The second kappa shape index (κ2) is 5.54. The van der Waals surface area contributed by atoms with E-state index < -0.39 is 0 Å².